The van der Waals surface area contributed by atoms with Crippen LogP contribution in [0, 0.1) is 5.82 Å². The maximum Gasteiger partial charge on any atom is 0.335 e. The molecule has 7 nitrogen and oxygen atoms in total. The minimum Gasteiger partial charge on any atom is -0.478 e. The van der Waals surface area contributed by atoms with Crippen LogP contribution in [0.4, 0.5) is 15.8 Å². The van der Waals surface area contributed by atoms with Crippen LogP contribution in [-0.2, 0) is 14.4 Å². The minimum atomic E-state index is -1.11. The smallest absolute Gasteiger partial charge is 0.335 e. The standard InChI is InChI=1S/C19H15FN2O5S/c20-12-2-1-3-13(8-12)21-16(23)10-28-15-9-17(24)22(18(15)25)14-6-4-11(5-7-14)19(26)27/h1-8,15H,9-10H2,(H,21,23)(H,26,27). The largest absolute Gasteiger partial charge is 0.478 e. The molecule has 1 atom stereocenters. The number of nitrogens with one attached hydrogen (secondary N) is 1. The van der Waals surface area contributed by atoms with Crippen LogP contribution >= 0.6 is 11.8 Å². The molecule has 2 aromatic carbocycles. The van der Waals surface area contributed by atoms with Gasteiger partial charge in [0.15, 0.2) is 0 Å². The molecule has 2 aromatic rings. The first-order valence-electron chi connectivity index (χ1n) is 8.22. The number of benzene rings is 2. The summed E-state index contributed by atoms with van der Waals surface area (Å²) in [5.41, 5.74) is 0.634. The Kier molecular flexibility index (Phi) is 5.74. The van der Waals surface area contributed by atoms with Crippen molar-refractivity contribution in [2.24, 2.45) is 0 Å². The highest BCUT2D eigenvalue weighted by molar-refractivity contribution is 8.01. The van der Waals surface area contributed by atoms with Gasteiger partial charge < -0.3 is 10.4 Å². The number of anilines is 2. The molecule has 0 aromatic heterocycles. The van der Waals surface area contributed by atoms with Gasteiger partial charge in [0.25, 0.3) is 0 Å². The van der Waals surface area contributed by atoms with Crippen LogP contribution in [0.1, 0.15) is 16.8 Å². The molecule has 1 saturated heterocycles. The number of amides is 3. The van der Waals surface area contributed by atoms with E-state index in [0.717, 1.165) is 16.7 Å². The number of carboxylic acids is 1. The van der Waals surface area contributed by atoms with Gasteiger partial charge in [0.05, 0.1) is 22.3 Å². The van der Waals surface area contributed by atoms with Crippen molar-refractivity contribution in [3.63, 3.8) is 0 Å². The number of hydrogen-bond donors (Lipinski definition) is 2. The van der Waals surface area contributed by atoms with Crippen LogP contribution in [0.15, 0.2) is 48.5 Å². The summed E-state index contributed by atoms with van der Waals surface area (Å²) >= 11 is 1.02. The van der Waals surface area contributed by atoms with Gasteiger partial charge in [-0.3, -0.25) is 14.4 Å². The monoisotopic (exact) mass is 402 g/mol. The first-order chi connectivity index (χ1) is 13.3. The van der Waals surface area contributed by atoms with Crippen molar-refractivity contribution in [1.29, 1.82) is 0 Å². The normalized spacial score (nSPS) is 16.3. The van der Waals surface area contributed by atoms with Crippen molar-refractivity contribution in [3.8, 4) is 0 Å². The summed E-state index contributed by atoms with van der Waals surface area (Å²) in [6.45, 7) is 0. The van der Waals surface area contributed by atoms with Crippen molar-refractivity contribution < 1.29 is 28.7 Å². The fraction of sp³-hybridized carbons (Fsp3) is 0.158. The van der Waals surface area contributed by atoms with E-state index < -0.39 is 34.8 Å². The zero-order chi connectivity index (χ0) is 20.3. The Labute approximate surface area is 163 Å². The molecule has 1 fully saturated rings. The molecule has 0 spiro atoms. The maximum atomic E-state index is 13.1. The van der Waals surface area contributed by atoms with Crippen LogP contribution < -0.4 is 10.2 Å². The lowest BCUT2D eigenvalue weighted by Crippen LogP contribution is -2.31. The molecule has 1 heterocycles. The average Bonchev–Trinajstić information content (AvgIpc) is 2.93. The molecule has 3 amide bonds. The number of carbonyl (C=O) groups is 4. The van der Waals surface area contributed by atoms with Crippen molar-refractivity contribution in [2.75, 3.05) is 16.0 Å². The number of carbonyl (C=O) groups excluding carboxylic acids is 3. The van der Waals surface area contributed by atoms with Gasteiger partial charge in [-0.1, -0.05) is 6.07 Å². The Morgan fingerprint density at radius 3 is 2.54 bits per heavy atom. The number of rotatable bonds is 6. The molecule has 0 bridgehead atoms. The summed E-state index contributed by atoms with van der Waals surface area (Å²) in [5.74, 6) is -2.96. The molecule has 0 radical (unpaired) electrons. The van der Waals surface area contributed by atoms with Crippen molar-refractivity contribution in [3.05, 3.63) is 59.9 Å². The quantitative estimate of drug-likeness (QED) is 0.720. The van der Waals surface area contributed by atoms with E-state index >= 15 is 0 Å². The third-order valence-electron chi connectivity index (χ3n) is 4.00. The van der Waals surface area contributed by atoms with E-state index in [-0.39, 0.29) is 23.4 Å². The van der Waals surface area contributed by atoms with Crippen LogP contribution in [0.25, 0.3) is 0 Å². The Hall–Kier alpha value is -3.20. The first-order valence-corrected chi connectivity index (χ1v) is 9.27. The highest BCUT2D eigenvalue weighted by Gasteiger charge is 2.40. The molecule has 2 N–H and O–H groups in total. The third-order valence-corrected chi connectivity index (χ3v) is 5.20. The highest BCUT2D eigenvalue weighted by atomic mass is 32.2. The molecule has 9 heteroatoms. The van der Waals surface area contributed by atoms with E-state index in [9.17, 15) is 23.6 Å². The first kappa shape index (κ1) is 19.6. The van der Waals surface area contributed by atoms with Crippen LogP contribution in [0.5, 0.6) is 0 Å². The van der Waals surface area contributed by atoms with E-state index in [4.69, 9.17) is 5.11 Å². The Balaban J connectivity index is 1.60. The van der Waals surface area contributed by atoms with Gasteiger partial charge in [0, 0.05) is 12.1 Å². The summed E-state index contributed by atoms with van der Waals surface area (Å²) in [6, 6.07) is 10.8. The second-order valence-electron chi connectivity index (χ2n) is 5.98. The maximum absolute atomic E-state index is 13.1. The number of hydrogen-bond acceptors (Lipinski definition) is 5. The van der Waals surface area contributed by atoms with E-state index in [0.29, 0.717) is 5.69 Å². The fourth-order valence-electron chi connectivity index (χ4n) is 2.70. The van der Waals surface area contributed by atoms with Gasteiger partial charge in [-0.15, -0.1) is 11.8 Å². The highest BCUT2D eigenvalue weighted by Crippen LogP contribution is 2.30. The summed E-state index contributed by atoms with van der Waals surface area (Å²) in [4.78, 5) is 48.7. The zero-order valence-corrected chi connectivity index (χ0v) is 15.2. The zero-order valence-electron chi connectivity index (χ0n) is 14.4. The molecule has 1 aliphatic heterocycles. The Bertz CT molecular complexity index is 948. The van der Waals surface area contributed by atoms with Crippen molar-refractivity contribution in [1.82, 2.24) is 0 Å². The Morgan fingerprint density at radius 2 is 1.89 bits per heavy atom. The van der Waals surface area contributed by atoms with E-state index in [2.05, 4.69) is 5.32 Å². The predicted molar refractivity (Wildman–Crippen MR) is 102 cm³/mol. The second kappa shape index (κ2) is 8.22. The minimum absolute atomic E-state index is 0.0442. The lowest BCUT2D eigenvalue weighted by molar-refractivity contribution is -0.121. The molecule has 1 aliphatic rings. The van der Waals surface area contributed by atoms with Crippen LogP contribution in [0.3, 0.4) is 0 Å². The van der Waals surface area contributed by atoms with Crippen LogP contribution in [0.2, 0.25) is 0 Å². The predicted octanol–water partition coefficient (Wildman–Crippen LogP) is 2.53. The van der Waals surface area contributed by atoms with Crippen molar-refractivity contribution in [2.45, 2.75) is 11.7 Å². The number of imide groups is 1. The summed E-state index contributed by atoms with van der Waals surface area (Å²) in [7, 11) is 0. The second-order valence-corrected chi connectivity index (χ2v) is 7.17. The summed E-state index contributed by atoms with van der Waals surface area (Å²) < 4.78 is 13.1. The third kappa shape index (κ3) is 4.37. The molecule has 0 aliphatic carbocycles. The topological polar surface area (TPSA) is 104 Å². The SMILES string of the molecule is O=C(CSC1CC(=O)N(c2ccc(C(=O)O)cc2)C1=O)Nc1cccc(F)c1. The molecule has 1 unspecified atom stereocenters. The Morgan fingerprint density at radius 1 is 1.18 bits per heavy atom. The lowest BCUT2D eigenvalue weighted by atomic mass is 10.2. The number of halogens is 1. The molecule has 144 valence electrons. The van der Waals surface area contributed by atoms with Gasteiger partial charge in [-0.25, -0.2) is 14.1 Å². The lowest BCUT2D eigenvalue weighted by Gasteiger charge is -2.15. The average molecular weight is 402 g/mol. The fourth-order valence-corrected chi connectivity index (χ4v) is 3.63. The van der Waals surface area contributed by atoms with E-state index in [1.807, 2.05) is 0 Å². The molecule has 28 heavy (non-hydrogen) atoms. The molecular formula is C19H15FN2O5S. The molecule has 3 rings (SSSR count). The number of carboxylic acid groups (broad SMARTS) is 1. The van der Waals surface area contributed by atoms with Gasteiger partial charge >= 0.3 is 5.97 Å². The number of thioether (sulfide) groups is 1. The van der Waals surface area contributed by atoms with Gasteiger partial charge in [-0.05, 0) is 42.5 Å². The molecular weight excluding hydrogens is 387 g/mol. The van der Waals surface area contributed by atoms with Crippen molar-refractivity contribution >= 4 is 46.8 Å². The van der Waals surface area contributed by atoms with E-state index in [1.54, 1.807) is 6.07 Å². The van der Waals surface area contributed by atoms with Crippen LogP contribution in [-0.4, -0.2) is 39.8 Å². The number of nitrogens with zero attached hydrogens (tertiary/aromatic N) is 1. The summed E-state index contributed by atoms with van der Waals surface area (Å²) in [5, 5.41) is 10.7. The molecule has 0 saturated carbocycles. The van der Waals surface area contributed by atoms with Gasteiger partial charge in [-0.2, -0.15) is 0 Å². The van der Waals surface area contributed by atoms with Gasteiger partial charge in [0.1, 0.15) is 5.82 Å². The van der Waals surface area contributed by atoms with Gasteiger partial charge in [0.2, 0.25) is 17.7 Å². The summed E-state index contributed by atoms with van der Waals surface area (Å²) in [6.07, 6.45) is -0.0581. The number of aromatic carboxylic acids is 1. The van der Waals surface area contributed by atoms with E-state index in [1.165, 1.54) is 42.5 Å².